The van der Waals surface area contributed by atoms with Crippen molar-refractivity contribution in [1.82, 2.24) is 4.31 Å². The molecule has 2 aromatic carbocycles. The summed E-state index contributed by atoms with van der Waals surface area (Å²) in [6.45, 7) is 18.7. The Kier molecular flexibility index (Phi) is 11.7. The molecule has 2 rings (SSSR count). The highest BCUT2D eigenvalue weighted by Gasteiger charge is 2.41. The summed E-state index contributed by atoms with van der Waals surface area (Å²) in [6, 6.07) is 14.4. The zero-order valence-electron chi connectivity index (χ0n) is 24.6. The first-order chi connectivity index (χ1) is 18.2. The summed E-state index contributed by atoms with van der Waals surface area (Å²) in [5.74, 6) is 7.11. The van der Waals surface area contributed by atoms with Crippen LogP contribution in [0.25, 0.3) is 0 Å². The molecule has 212 valence electrons. The number of sulfonamides is 1. The molecule has 0 amide bonds. The van der Waals surface area contributed by atoms with Crippen molar-refractivity contribution in [2.75, 3.05) is 20.2 Å². The Morgan fingerprint density at radius 2 is 1.67 bits per heavy atom. The second-order valence-electron chi connectivity index (χ2n) is 10.9. The molecule has 0 bridgehead atoms. The lowest BCUT2D eigenvalue weighted by molar-refractivity contribution is 0.0899. The van der Waals surface area contributed by atoms with Crippen LogP contribution >= 0.6 is 0 Å². The molecule has 0 spiro atoms. The van der Waals surface area contributed by atoms with Crippen molar-refractivity contribution in [1.29, 1.82) is 0 Å². The minimum Gasteiger partial charge on any atom is -0.497 e. The Bertz CT molecular complexity index is 1290. The van der Waals surface area contributed by atoms with E-state index in [-0.39, 0.29) is 29.6 Å². The molecule has 0 aliphatic heterocycles. The summed E-state index contributed by atoms with van der Waals surface area (Å²) >= 11 is 0. The average Bonchev–Trinajstić information content (AvgIpc) is 2.88. The number of benzene rings is 2. The van der Waals surface area contributed by atoms with Crippen LogP contribution in [-0.2, 0) is 25.8 Å². The second kappa shape index (κ2) is 14.0. The first kappa shape index (κ1) is 32.4. The van der Waals surface area contributed by atoms with E-state index < -0.39 is 24.4 Å². The van der Waals surface area contributed by atoms with Crippen LogP contribution < -0.4 is 4.74 Å². The number of nitrogens with zero attached hydrogens (tertiary/aromatic N) is 1. The Balaban J connectivity index is 2.47. The zero-order chi connectivity index (χ0) is 29.3. The quantitative estimate of drug-likeness (QED) is 0.123. The molecule has 0 saturated carbocycles. The average molecular weight is 570 g/mol. The Morgan fingerprint density at radius 1 is 1.05 bits per heavy atom. The van der Waals surface area contributed by atoms with E-state index in [1.54, 1.807) is 31.4 Å². The summed E-state index contributed by atoms with van der Waals surface area (Å²) in [5.41, 5.74) is 4.80. The SMILES string of the molecule is C=C=C(OCc1ccc(OC)cc1)C(CN(CC#CCC)S(=O)(=O)c1ccc(C)cc1)O[Si](C)(C)C(C)(C)C. The summed E-state index contributed by atoms with van der Waals surface area (Å²) in [4.78, 5) is 0.209. The number of ether oxygens (including phenoxy) is 2. The van der Waals surface area contributed by atoms with Gasteiger partial charge in [-0.2, -0.15) is 4.31 Å². The summed E-state index contributed by atoms with van der Waals surface area (Å²) < 4.78 is 47.2. The third-order valence-corrected chi connectivity index (χ3v) is 13.2. The van der Waals surface area contributed by atoms with Gasteiger partial charge in [0.05, 0.1) is 18.6 Å². The molecule has 0 heterocycles. The normalized spacial score (nSPS) is 12.7. The fourth-order valence-electron chi connectivity index (χ4n) is 3.41. The van der Waals surface area contributed by atoms with Crippen LogP contribution in [0.4, 0.5) is 0 Å². The Morgan fingerprint density at radius 3 is 2.18 bits per heavy atom. The van der Waals surface area contributed by atoms with E-state index in [1.807, 2.05) is 38.1 Å². The lowest BCUT2D eigenvalue weighted by Crippen LogP contribution is -2.48. The molecule has 2 aromatic rings. The van der Waals surface area contributed by atoms with Gasteiger partial charge in [0.2, 0.25) is 10.0 Å². The highest BCUT2D eigenvalue weighted by atomic mass is 32.2. The standard InChI is InChI=1S/C31H43NO5SSi/c1-10-12-13-22-32(38(33,34)28-20-14-25(3)15-21-28)23-30(37-39(8,9)31(4,5)6)29(11-2)36-24-26-16-18-27(35-7)19-17-26/h14-21,30H,2,10,22-24H2,1,3-9H3. The maximum atomic E-state index is 13.8. The van der Waals surface area contributed by atoms with Gasteiger partial charge in [0.1, 0.15) is 18.5 Å². The lowest BCUT2D eigenvalue weighted by atomic mass is 10.2. The van der Waals surface area contributed by atoms with Gasteiger partial charge in [-0.05, 0) is 54.9 Å². The summed E-state index contributed by atoms with van der Waals surface area (Å²) in [5, 5.41) is -0.115. The number of aryl methyl sites for hydroxylation is 1. The molecule has 0 aliphatic carbocycles. The smallest absolute Gasteiger partial charge is 0.244 e. The van der Waals surface area contributed by atoms with Gasteiger partial charge in [0.25, 0.3) is 0 Å². The number of hydrogen-bond donors (Lipinski definition) is 0. The maximum Gasteiger partial charge on any atom is 0.244 e. The molecule has 39 heavy (non-hydrogen) atoms. The molecule has 0 aliphatic rings. The molecule has 8 heteroatoms. The van der Waals surface area contributed by atoms with Crippen molar-refractivity contribution >= 4 is 18.3 Å². The van der Waals surface area contributed by atoms with Gasteiger partial charge >= 0.3 is 0 Å². The van der Waals surface area contributed by atoms with Gasteiger partial charge in [-0.15, -0.1) is 5.92 Å². The number of rotatable bonds is 12. The van der Waals surface area contributed by atoms with Crippen molar-refractivity contribution in [3.05, 3.63) is 77.7 Å². The fourth-order valence-corrected chi connectivity index (χ4v) is 6.00. The van der Waals surface area contributed by atoms with E-state index in [0.29, 0.717) is 12.2 Å². The molecule has 1 unspecified atom stereocenters. The predicted molar refractivity (Wildman–Crippen MR) is 161 cm³/mol. The zero-order valence-corrected chi connectivity index (χ0v) is 26.4. The number of hydrogen-bond acceptors (Lipinski definition) is 5. The number of methoxy groups -OCH3 is 1. The third-order valence-electron chi connectivity index (χ3n) is 6.85. The van der Waals surface area contributed by atoms with Gasteiger partial charge in [-0.25, -0.2) is 8.42 Å². The van der Waals surface area contributed by atoms with Gasteiger partial charge < -0.3 is 13.9 Å². The topological polar surface area (TPSA) is 65.1 Å². The van der Waals surface area contributed by atoms with E-state index >= 15 is 0 Å². The van der Waals surface area contributed by atoms with Crippen molar-refractivity contribution in [3.63, 3.8) is 0 Å². The van der Waals surface area contributed by atoms with E-state index in [4.69, 9.17) is 13.9 Å². The first-order valence-corrected chi connectivity index (χ1v) is 17.5. The molecule has 0 saturated heterocycles. The van der Waals surface area contributed by atoms with Crippen LogP contribution in [-0.4, -0.2) is 47.3 Å². The highest BCUT2D eigenvalue weighted by molar-refractivity contribution is 7.89. The van der Waals surface area contributed by atoms with Crippen molar-refractivity contribution in [2.45, 2.75) is 76.8 Å². The van der Waals surface area contributed by atoms with Gasteiger partial charge in [0, 0.05) is 13.0 Å². The Labute approximate surface area is 236 Å². The third kappa shape index (κ3) is 9.13. The molecule has 1 atom stereocenters. The van der Waals surface area contributed by atoms with Gasteiger partial charge in [-0.3, -0.25) is 0 Å². The minimum atomic E-state index is -3.87. The van der Waals surface area contributed by atoms with E-state index in [2.05, 4.69) is 58.0 Å². The lowest BCUT2D eigenvalue weighted by Gasteiger charge is -2.40. The Hall–Kier alpha value is -2.79. The van der Waals surface area contributed by atoms with Gasteiger partial charge in [-0.1, -0.05) is 75.8 Å². The minimum absolute atomic E-state index is 0.0155. The van der Waals surface area contributed by atoms with Gasteiger partial charge in [0.15, 0.2) is 14.1 Å². The first-order valence-electron chi connectivity index (χ1n) is 13.1. The highest BCUT2D eigenvalue weighted by Crippen LogP contribution is 2.38. The molecular formula is C31H43NO5SSi. The van der Waals surface area contributed by atoms with Crippen LogP contribution in [0.2, 0.25) is 18.1 Å². The van der Waals surface area contributed by atoms with E-state index in [1.165, 1.54) is 4.31 Å². The van der Waals surface area contributed by atoms with E-state index in [9.17, 15) is 8.42 Å². The van der Waals surface area contributed by atoms with Crippen LogP contribution in [0, 0.1) is 18.8 Å². The van der Waals surface area contributed by atoms with E-state index in [0.717, 1.165) is 16.9 Å². The molecule has 0 aromatic heterocycles. The molecule has 0 radical (unpaired) electrons. The summed E-state index contributed by atoms with van der Waals surface area (Å²) in [7, 11) is -4.61. The van der Waals surface area contributed by atoms with Crippen LogP contribution in [0.15, 0.2) is 71.5 Å². The molecular weight excluding hydrogens is 526 g/mol. The maximum absolute atomic E-state index is 13.8. The molecule has 0 N–H and O–H groups in total. The molecule has 6 nitrogen and oxygen atoms in total. The van der Waals surface area contributed by atoms with Crippen LogP contribution in [0.3, 0.4) is 0 Å². The predicted octanol–water partition coefficient (Wildman–Crippen LogP) is 6.68. The van der Waals surface area contributed by atoms with Crippen molar-refractivity contribution in [3.8, 4) is 17.6 Å². The van der Waals surface area contributed by atoms with Crippen molar-refractivity contribution < 1.29 is 22.3 Å². The van der Waals surface area contributed by atoms with Crippen LogP contribution in [0.5, 0.6) is 5.75 Å². The second-order valence-corrected chi connectivity index (χ2v) is 17.6. The monoisotopic (exact) mass is 569 g/mol. The van der Waals surface area contributed by atoms with Crippen molar-refractivity contribution in [2.24, 2.45) is 0 Å². The largest absolute Gasteiger partial charge is 0.497 e. The van der Waals surface area contributed by atoms with Crippen LogP contribution in [0.1, 0.15) is 45.2 Å². The fraction of sp³-hybridized carbons (Fsp3) is 0.452. The molecule has 0 fully saturated rings. The summed E-state index contributed by atoms with van der Waals surface area (Å²) in [6.07, 6.45) is -0.0873.